The summed E-state index contributed by atoms with van der Waals surface area (Å²) in [6.45, 7) is 1.81. The first-order valence-electron chi connectivity index (χ1n) is 4.84. The Labute approximate surface area is 104 Å². The highest BCUT2D eigenvalue weighted by Crippen LogP contribution is 2.19. The number of nitrogens with one attached hydrogen (secondary N) is 1. The number of fused-ring (bicyclic) bond motifs is 1. The molecular weight excluding hydrogens is 242 g/mol. The number of nitrogens with zero attached hydrogens (tertiary/aromatic N) is 2. The van der Waals surface area contributed by atoms with Crippen LogP contribution in [0.1, 0.15) is 5.56 Å². The molecule has 0 radical (unpaired) electrons. The van der Waals surface area contributed by atoms with Gasteiger partial charge >= 0.3 is 5.97 Å². The van der Waals surface area contributed by atoms with Crippen molar-refractivity contribution in [2.75, 3.05) is 11.9 Å². The van der Waals surface area contributed by atoms with Crippen molar-refractivity contribution in [3.05, 3.63) is 30.1 Å². The van der Waals surface area contributed by atoms with Crippen LogP contribution in [0, 0.1) is 6.92 Å². The number of aromatic nitrogens is 2. The van der Waals surface area contributed by atoms with E-state index in [4.69, 9.17) is 5.11 Å². The number of anilines is 1. The summed E-state index contributed by atoms with van der Waals surface area (Å²) in [6.07, 6.45) is 1.42. The monoisotopic (exact) mass is 253 g/mol. The molecule has 0 atom stereocenters. The van der Waals surface area contributed by atoms with E-state index in [1.165, 1.54) is 6.33 Å². The van der Waals surface area contributed by atoms with Crippen molar-refractivity contribution in [1.82, 2.24) is 9.97 Å². The average Bonchev–Trinajstić information content (AvgIpc) is 2.26. The van der Waals surface area contributed by atoms with Crippen molar-refractivity contribution in [2.24, 2.45) is 0 Å². The lowest BCUT2D eigenvalue weighted by Crippen LogP contribution is -2.13. The van der Waals surface area contributed by atoms with Crippen molar-refractivity contribution < 1.29 is 9.90 Å². The molecule has 0 fully saturated rings. The molecule has 0 amide bonds. The first-order valence-corrected chi connectivity index (χ1v) is 4.84. The first kappa shape index (κ1) is 13.2. The molecule has 2 N–H and O–H groups in total. The number of benzene rings is 1. The van der Waals surface area contributed by atoms with E-state index >= 15 is 0 Å². The molecule has 0 aliphatic carbocycles. The van der Waals surface area contributed by atoms with Gasteiger partial charge in [-0.15, -0.1) is 12.4 Å². The molecule has 2 rings (SSSR count). The van der Waals surface area contributed by atoms with Crippen LogP contribution in [0.5, 0.6) is 0 Å². The lowest BCUT2D eigenvalue weighted by molar-refractivity contribution is -0.134. The van der Waals surface area contributed by atoms with Gasteiger partial charge in [0.1, 0.15) is 18.7 Å². The highest BCUT2D eigenvalue weighted by atomic mass is 35.5. The van der Waals surface area contributed by atoms with Gasteiger partial charge in [0.05, 0.1) is 5.52 Å². The number of halogens is 1. The largest absolute Gasteiger partial charge is 0.480 e. The highest BCUT2D eigenvalue weighted by molar-refractivity contribution is 5.90. The minimum absolute atomic E-state index is 0. The third kappa shape index (κ3) is 3.04. The molecule has 0 spiro atoms. The number of hydrogen-bond acceptors (Lipinski definition) is 4. The van der Waals surface area contributed by atoms with E-state index in [2.05, 4.69) is 15.3 Å². The van der Waals surface area contributed by atoms with Crippen LogP contribution in [-0.2, 0) is 4.79 Å². The van der Waals surface area contributed by atoms with Gasteiger partial charge < -0.3 is 10.4 Å². The molecule has 0 bridgehead atoms. The Morgan fingerprint density at radius 2 is 2.18 bits per heavy atom. The normalized spacial score (nSPS) is 9.71. The van der Waals surface area contributed by atoms with Crippen LogP contribution in [0.3, 0.4) is 0 Å². The summed E-state index contributed by atoms with van der Waals surface area (Å²) in [5, 5.41) is 12.2. The van der Waals surface area contributed by atoms with Gasteiger partial charge in [0.2, 0.25) is 0 Å². The molecule has 6 heteroatoms. The number of aryl methyl sites for hydroxylation is 1. The fraction of sp³-hybridized carbons (Fsp3) is 0.182. The molecule has 0 aliphatic rings. The smallest absolute Gasteiger partial charge is 0.322 e. The Kier molecular flexibility index (Phi) is 4.23. The van der Waals surface area contributed by atoms with Gasteiger partial charge in [-0.05, 0) is 19.1 Å². The Hall–Kier alpha value is -1.88. The third-order valence-electron chi connectivity index (χ3n) is 2.20. The Morgan fingerprint density at radius 3 is 2.88 bits per heavy atom. The summed E-state index contributed by atoms with van der Waals surface area (Å²) in [5.41, 5.74) is 1.88. The second kappa shape index (κ2) is 5.45. The quantitative estimate of drug-likeness (QED) is 0.873. The van der Waals surface area contributed by atoms with Crippen LogP contribution < -0.4 is 5.32 Å². The van der Waals surface area contributed by atoms with Crippen molar-refractivity contribution in [3.63, 3.8) is 0 Å². The van der Waals surface area contributed by atoms with Crippen LogP contribution in [0.4, 0.5) is 5.82 Å². The van der Waals surface area contributed by atoms with Gasteiger partial charge in [0.15, 0.2) is 0 Å². The zero-order valence-corrected chi connectivity index (χ0v) is 9.99. The second-order valence-electron chi connectivity index (χ2n) is 3.49. The van der Waals surface area contributed by atoms with E-state index < -0.39 is 5.97 Å². The summed E-state index contributed by atoms with van der Waals surface area (Å²) in [7, 11) is 0. The van der Waals surface area contributed by atoms with Crippen LogP contribution in [0.25, 0.3) is 10.9 Å². The topological polar surface area (TPSA) is 75.1 Å². The number of carbonyl (C=O) groups is 1. The predicted molar refractivity (Wildman–Crippen MR) is 67.6 cm³/mol. The van der Waals surface area contributed by atoms with Crippen LogP contribution in [-0.4, -0.2) is 27.6 Å². The Morgan fingerprint density at radius 1 is 1.41 bits per heavy atom. The van der Waals surface area contributed by atoms with Gasteiger partial charge in [-0.25, -0.2) is 9.97 Å². The van der Waals surface area contributed by atoms with Crippen LogP contribution in [0.2, 0.25) is 0 Å². The molecule has 5 nitrogen and oxygen atoms in total. The minimum Gasteiger partial charge on any atom is -0.480 e. The number of aliphatic carboxylic acids is 1. The van der Waals surface area contributed by atoms with Crippen molar-refractivity contribution in [1.29, 1.82) is 0 Å². The van der Waals surface area contributed by atoms with Crippen molar-refractivity contribution in [3.8, 4) is 0 Å². The standard InChI is InChI=1S/C11H11N3O2.ClH/c1-7-2-3-9-8(4-7)11(14-6-13-9)12-5-10(15)16;/h2-4,6H,5H2,1H3,(H,15,16)(H,12,13,14);1H. The lowest BCUT2D eigenvalue weighted by Gasteiger charge is -2.06. The molecule has 17 heavy (non-hydrogen) atoms. The summed E-state index contributed by atoms with van der Waals surface area (Å²) in [6, 6.07) is 5.77. The van der Waals surface area contributed by atoms with E-state index in [9.17, 15) is 4.79 Å². The van der Waals surface area contributed by atoms with Crippen LogP contribution in [0.15, 0.2) is 24.5 Å². The van der Waals surface area contributed by atoms with Gasteiger partial charge in [-0.1, -0.05) is 11.6 Å². The molecule has 0 saturated carbocycles. The summed E-state index contributed by atoms with van der Waals surface area (Å²) in [5.74, 6) is -0.365. The molecule has 0 saturated heterocycles. The zero-order valence-electron chi connectivity index (χ0n) is 9.17. The van der Waals surface area contributed by atoms with E-state index in [0.717, 1.165) is 16.5 Å². The summed E-state index contributed by atoms with van der Waals surface area (Å²) >= 11 is 0. The molecule has 1 aromatic carbocycles. The van der Waals surface area contributed by atoms with Gasteiger partial charge in [0.25, 0.3) is 0 Å². The Balaban J connectivity index is 0.00000144. The van der Waals surface area contributed by atoms with E-state index in [0.29, 0.717) is 5.82 Å². The number of rotatable bonds is 3. The van der Waals surface area contributed by atoms with Gasteiger partial charge in [0, 0.05) is 5.39 Å². The van der Waals surface area contributed by atoms with E-state index in [1.54, 1.807) is 0 Å². The maximum atomic E-state index is 10.5. The summed E-state index contributed by atoms with van der Waals surface area (Å²) in [4.78, 5) is 18.6. The fourth-order valence-electron chi connectivity index (χ4n) is 1.47. The lowest BCUT2D eigenvalue weighted by atomic mass is 10.1. The highest BCUT2D eigenvalue weighted by Gasteiger charge is 2.04. The van der Waals surface area contributed by atoms with Crippen molar-refractivity contribution in [2.45, 2.75) is 6.92 Å². The maximum Gasteiger partial charge on any atom is 0.322 e. The first-order chi connectivity index (χ1) is 7.66. The van der Waals surface area contributed by atoms with Crippen LogP contribution >= 0.6 is 12.4 Å². The molecule has 1 aromatic heterocycles. The molecule has 90 valence electrons. The SMILES string of the molecule is Cc1ccc2ncnc(NCC(=O)O)c2c1.Cl. The summed E-state index contributed by atoms with van der Waals surface area (Å²) < 4.78 is 0. The number of hydrogen-bond donors (Lipinski definition) is 2. The zero-order chi connectivity index (χ0) is 11.5. The number of carboxylic acid groups (broad SMARTS) is 1. The molecular formula is C11H12ClN3O2. The molecule has 0 aliphatic heterocycles. The molecule has 1 heterocycles. The maximum absolute atomic E-state index is 10.5. The Bertz CT molecular complexity index is 545. The van der Waals surface area contributed by atoms with Gasteiger partial charge in [-0.3, -0.25) is 4.79 Å². The average molecular weight is 254 g/mol. The van der Waals surface area contributed by atoms with E-state index in [-0.39, 0.29) is 19.0 Å². The fourth-order valence-corrected chi connectivity index (χ4v) is 1.47. The van der Waals surface area contributed by atoms with Crippen molar-refractivity contribution >= 4 is 35.1 Å². The molecule has 0 unspecified atom stereocenters. The van der Waals surface area contributed by atoms with Gasteiger partial charge in [-0.2, -0.15) is 0 Å². The number of carboxylic acids is 1. The third-order valence-corrected chi connectivity index (χ3v) is 2.20. The second-order valence-corrected chi connectivity index (χ2v) is 3.49. The molecule has 2 aromatic rings. The minimum atomic E-state index is -0.917. The van der Waals surface area contributed by atoms with E-state index in [1.807, 2.05) is 25.1 Å². The predicted octanol–water partition coefficient (Wildman–Crippen LogP) is 1.86.